The molecule has 94 valence electrons. The van der Waals surface area contributed by atoms with Gasteiger partial charge in [-0.15, -0.1) is 0 Å². The summed E-state index contributed by atoms with van der Waals surface area (Å²) in [5, 5.41) is 0. The average Bonchev–Trinajstić information content (AvgIpc) is 2.77. The molecule has 0 aliphatic carbocycles. The fourth-order valence-electron chi connectivity index (χ4n) is 2.11. The lowest BCUT2D eigenvalue weighted by molar-refractivity contribution is 0.111. The van der Waals surface area contributed by atoms with Gasteiger partial charge in [0.2, 0.25) is 0 Å². The molecule has 0 spiro atoms. The summed E-state index contributed by atoms with van der Waals surface area (Å²) in [6.45, 7) is 1.98. The second-order valence-corrected chi connectivity index (χ2v) is 4.39. The Kier molecular flexibility index (Phi) is 2.63. The van der Waals surface area contributed by atoms with Crippen molar-refractivity contribution in [2.75, 3.05) is 0 Å². The zero-order valence-electron chi connectivity index (χ0n) is 10.3. The molecule has 4 heteroatoms. The monoisotopic (exact) mass is 254 g/mol. The maximum Gasteiger partial charge on any atom is 0.185 e. The van der Waals surface area contributed by atoms with E-state index in [0.717, 1.165) is 11.3 Å². The van der Waals surface area contributed by atoms with E-state index in [1.807, 2.05) is 31.2 Å². The van der Waals surface area contributed by atoms with Gasteiger partial charge in [-0.25, -0.2) is 9.37 Å². The molecule has 0 aliphatic heterocycles. The number of nitrogens with zero attached hydrogens (tertiary/aromatic N) is 2. The summed E-state index contributed by atoms with van der Waals surface area (Å²) in [4.78, 5) is 15.3. The van der Waals surface area contributed by atoms with Crippen LogP contribution in [0.2, 0.25) is 0 Å². The molecule has 0 aliphatic rings. The number of aryl methyl sites for hydroxylation is 1. The van der Waals surface area contributed by atoms with Gasteiger partial charge in [-0.2, -0.15) is 0 Å². The van der Waals surface area contributed by atoms with Gasteiger partial charge in [0, 0.05) is 11.8 Å². The van der Waals surface area contributed by atoms with Crippen LogP contribution in [0.5, 0.6) is 0 Å². The van der Waals surface area contributed by atoms with Crippen LogP contribution in [0.1, 0.15) is 16.2 Å². The van der Waals surface area contributed by atoms with E-state index in [4.69, 9.17) is 0 Å². The number of hydrogen-bond acceptors (Lipinski definition) is 2. The van der Waals surface area contributed by atoms with Gasteiger partial charge in [0.05, 0.1) is 11.0 Å². The van der Waals surface area contributed by atoms with Crippen molar-refractivity contribution in [1.29, 1.82) is 0 Å². The molecule has 0 radical (unpaired) electrons. The first-order valence-electron chi connectivity index (χ1n) is 5.89. The minimum absolute atomic E-state index is 0.268. The molecular weight excluding hydrogens is 243 g/mol. The molecule has 3 aromatic rings. The van der Waals surface area contributed by atoms with Crippen molar-refractivity contribution in [2.24, 2.45) is 0 Å². The predicted molar refractivity (Wildman–Crippen MR) is 71.2 cm³/mol. The number of hydrogen-bond donors (Lipinski definition) is 0. The molecule has 0 saturated carbocycles. The minimum Gasteiger partial charge on any atom is -0.294 e. The Labute approximate surface area is 109 Å². The number of aldehydes is 1. The molecule has 0 atom stereocenters. The highest BCUT2D eigenvalue weighted by atomic mass is 19.1. The van der Waals surface area contributed by atoms with Crippen LogP contribution < -0.4 is 0 Å². The number of rotatable bonds is 2. The van der Waals surface area contributed by atoms with Crippen LogP contribution in [0.3, 0.4) is 0 Å². The molecule has 0 saturated heterocycles. The molecule has 3 nitrogen and oxygen atoms in total. The lowest BCUT2D eigenvalue weighted by atomic mass is 10.2. The van der Waals surface area contributed by atoms with Crippen LogP contribution in [0.15, 0.2) is 42.5 Å². The summed E-state index contributed by atoms with van der Waals surface area (Å²) in [5.74, 6) is -0.0809. The van der Waals surface area contributed by atoms with Crippen LogP contribution in [-0.4, -0.2) is 15.8 Å². The number of carbonyl (C=O) groups excluding carboxylic acids is 1. The van der Waals surface area contributed by atoms with Crippen LogP contribution in [-0.2, 0) is 0 Å². The van der Waals surface area contributed by atoms with E-state index >= 15 is 0 Å². The summed E-state index contributed by atoms with van der Waals surface area (Å²) in [7, 11) is 0. The largest absolute Gasteiger partial charge is 0.294 e. The van der Waals surface area contributed by atoms with E-state index in [2.05, 4.69) is 4.98 Å². The molecule has 19 heavy (non-hydrogen) atoms. The predicted octanol–water partition coefficient (Wildman–Crippen LogP) is 3.29. The quantitative estimate of drug-likeness (QED) is 0.658. The summed E-state index contributed by atoms with van der Waals surface area (Å²) in [5.41, 5.74) is 3.10. The SMILES string of the molecule is Cc1ccc(-n2c(C=O)nc3ccc(F)cc32)cc1. The number of aromatic nitrogens is 2. The van der Waals surface area contributed by atoms with Crippen molar-refractivity contribution in [1.82, 2.24) is 9.55 Å². The number of benzene rings is 2. The first-order valence-corrected chi connectivity index (χ1v) is 5.89. The van der Waals surface area contributed by atoms with Gasteiger partial charge in [0.1, 0.15) is 5.82 Å². The van der Waals surface area contributed by atoms with Gasteiger partial charge >= 0.3 is 0 Å². The van der Waals surface area contributed by atoms with Gasteiger partial charge in [0.15, 0.2) is 12.1 Å². The smallest absolute Gasteiger partial charge is 0.185 e. The van der Waals surface area contributed by atoms with E-state index in [0.29, 0.717) is 17.3 Å². The average molecular weight is 254 g/mol. The Hall–Kier alpha value is -2.49. The first-order chi connectivity index (χ1) is 9.19. The minimum atomic E-state index is -0.349. The van der Waals surface area contributed by atoms with Gasteiger partial charge in [-0.1, -0.05) is 17.7 Å². The molecule has 1 aromatic heterocycles. The van der Waals surface area contributed by atoms with Gasteiger partial charge in [-0.05, 0) is 31.2 Å². The van der Waals surface area contributed by atoms with E-state index in [9.17, 15) is 9.18 Å². The zero-order valence-corrected chi connectivity index (χ0v) is 10.3. The third-order valence-electron chi connectivity index (χ3n) is 3.04. The fourth-order valence-corrected chi connectivity index (χ4v) is 2.11. The Balaban J connectivity index is 2.34. The molecule has 3 rings (SSSR count). The van der Waals surface area contributed by atoms with E-state index in [1.54, 1.807) is 10.6 Å². The van der Waals surface area contributed by atoms with Crippen molar-refractivity contribution in [3.05, 3.63) is 59.7 Å². The van der Waals surface area contributed by atoms with Gasteiger partial charge in [-0.3, -0.25) is 9.36 Å². The number of imidazole rings is 1. The Morgan fingerprint density at radius 2 is 1.89 bits per heavy atom. The van der Waals surface area contributed by atoms with Crippen molar-refractivity contribution >= 4 is 17.3 Å². The molecule has 0 unspecified atom stereocenters. The highest BCUT2D eigenvalue weighted by Gasteiger charge is 2.12. The van der Waals surface area contributed by atoms with Gasteiger partial charge in [0.25, 0.3) is 0 Å². The second-order valence-electron chi connectivity index (χ2n) is 4.39. The molecule has 2 aromatic carbocycles. The Morgan fingerprint density at radius 3 is 2.58 bits per heavy atom. The van der Waals surface area contributed by atoms with E-state index in [-0.39, 0.29) is 11.6 Å². The summed E-state index contributed by atoms with van der Waals surface area (Å²) >= 11 is 0. The number of halogens is 1. The summed E-state index contributed by atoms with van der Waals surface area (Å²) in [6, 6.07) is 11.9. The summed E-state index contributed by atoms with van der Waals surface area (Å²) in [6.07, 6.45) is 0.678. The van der Waals surface area contributed by atoms with Crippen LogP contribution in [0.4, 0.5) is 4.39 Å². The standard InChI is InChI=1S/C15H11FN2O/c1-10-2-5-12(6-3-10)18-14-8-11(16)4-7-13(14)17-15(18)9-19/h2-9H,1H3. The molecule has 0 amide bonds. The normalized spacial score (nSPS) is 10.8. The zero-order chi connectivity index (χ0) is 13.4. The van der Waals surface area contributed by atoms with Gasteiger partial charge < -0.3 is 0 Å². The van der Waals surface area contributed by atoms with Crippen molar-refractivity contribution in [3.63, 3.8) is 0 Å². The van der Waals surface area contributed by atoms with Crippen LogP contribution in [0, 0.1) is 12.7 Å². The van der Waals surface area contributed by atoms with E-state index < -0.39 is 0 Å². The highest BCUT2D eigenvalue weighted by molar-refractivity contribution is 5.85. The number of fused-ring (bicyclic) bond motifs is 1. The van der Waals surface area contributed by atoms with E-state index in [1.165, 1.54) is 12.1 Å². The summed E-state index contributed by atoms with van der Waals surface area (Å²) < 4.78 is 15.0. The third kappa shape index (κ3) is 1.91. The topological polar surface area (TPSA) is 34.9 Å². The second kappa shape index (κ2) is 4.31. The first kappa shape index (κ1) is 11.6. The third-order valence-corrected chi connectivity index (χ3v) is 3.04. The maximum atomic E-state index is 13.4. The molecule has 0 fully saturated rings. The molecule has 0 bridgehead atoms. The molecule has 0 N–H and O–H groups in total. The van der Waals surface area contributed by atoms with Crippen LogP contribution in [0.25, 0.3) is 16.7 Å². The fraction of sp³-hybridized carbons (Fsp3) is 0.0667. The highest BCUT2D eigenvalue weighted by Crippen LogP contribution is 2.22. The lowest BCUT2D eigenvalue weighted by Crippen LogP contribution is -2.00. The van der Waals surface area contributed by atoms with Crippen molar-refractivity contribution < 1.29 is 9.18 Å². The molecule has 1 heterocycles. The van der Waals surface area contributed by atoms with Crippen molar-refractivity contribution in [2.45, 2.75) is 6.92 Å². The lowest BCUT2D eigenvalue weighted by Gasteiger charge is -2.06. The molecular formula is C15H11FN2O. The maximum absolute atomic E-state index is 13.4. The van der Waals surface area contributed by atoms with Crippen molar-refractivity contribution in [3.8, 4) is 5.69 Å². The Morgan fingerprint density at radius 1 is 1.16 bits per heavy atom. The van der Waals surface area contributed by atoms with Crippen LogP contribution >= 0.6 is 0 Å². The Bertz CT molecular complexity index is 760. The number of carbonyl (C=O) groups is 1.